The fraction of sp³-hybridized carbons (Fsp3) is 0.250. The Kier molecular flexibility index (Phi) is 4.06. The lowest BCUT2D eigenvalue weighted by atomic mass is 10.1. The van der Waals surface area contributed by atoms with E-state index in [0.717, 1.165) is 29.5 Å². The van der Waals surface area contributed by atoms with E-state index in [9.17, 15) is 8.42 Å². The van der Waals surface area contributed by atoms with Crippen molar-refractivity contribution in [2.24, 2.45) is 0 Å². The molecule has 1 fully saturated rings. The molecule has 0 bridgehead atoms. The zero-order valence-corrected chi connectivity index (χ0v) is 14.9. The number of sulfonamides is 1. The molecule has 1 saturated carbocycles. The first-order chi connectivity index (χ1) is 12.1. The molecule has 0 aliphatic heterocycles. The van der Waals surface area contributed by atoms with Crippen molar-refractivity contribution < 1.29 is 8.42 Å². The molecule has 2 aromatic carbocycles. The lowest BCUT2D eigenvalue weighted by molar-refractivity contribution is 0.399. The second-order valence-corrected chi connectivity index (χ2v) is 8.41. The van der Waals surface area contributed by atoms with E-state index >= 15 is 0 Å². The van der Waals surface area contributed by atoms with Gasteiger partial charge >= 0.3 is 0 Å². The summed E-state index contributed by atoms with van der Waals surface area (Å²) >= 11 is 0. The lowest BCUT2D eigenvalue weighted by Gasteiger charge is -2.23. The van der Waals surface area contributed by atoms with Gasteiger partial charge in [0.1, 0.15) is 0 Å². The summed E-state index contributed by atoms with van der Waals surface area (Å²) in [6.07, 6.45) is 3.55. The van der Waals surface area contributed by atoms with Crippen LogP contribution >= 0.6 is 0 Å². The SMILES string of the molecule is Cc1ccc(S(=O)(=O)N(Cc2ccccc2)C2CC2)c2cccnc12. The van der Waals surface area contributed by atoms with Gasteiger partial charge in [-0.1, -0.05) is 36.4 Å². The summed E-state index contributed by atoms with van der Waals surface area (Å²) in [5.74, 6) is 0. The van der Waals surface area contributed by atoms with Crippen LogP contribution in [0.1, 0.15) is 24.0 Å². The lowest BCUT2D eigenvalue weighted by Crippen LogP contribution is -2.32. The zero-order chi connectivity index (χ0) is 17.4. The molecule has 0 unspecified atom stereocenters. The van der Waals surface area contributed by atoms with Crippen molar-refractivity contribution in [2.45, 2.75) is 37.2 Å². The van der Waals surface area contributed by atoms with Crippen molar-refractivity contribution in [3.63, 3.8) is 0 Å². The van der Waals surface area contributed by atoms with Crippen molar-refractivity contribution in [1.29, 1.82) is 0 Å². The maximum absolute atomic E-state index is 13.4. The largest absolute Gasteiger partial charge is 0.256 e. The quantitative estimate of drug-likeness (QED) is 0.700. The predicted molar refractivity (Wildman–Crippen MR) is 98.7 cm³/mol. The number of fused-ring (bicyclic) bond motifs is 1. The highest BCUT2D eigenvalue weighted by Crippen LogP contribution is 2.35. The fourth-order valence-electron chi connectivity index (χ4n) is 3.18. The molecule has 1 aromatic heterocycles. The number of aromatic nitrogens is 1. The van der Waals surface area contributed by atoms with E-state index in [1.807, 2.05) is 49.4 Å². The van der Waals surface area contributed by atoms with Gasteiger partial charge in [0.2, 0.25) is 10.0 Å². The molecular formula is C20H20N2O2S. The van der Waals surface area contributed by atoms with Gasteiger partial charge in [0.25, 0.3) is 0 Å². The number of benzene rings is 2. The van der Waals surface area contributed by atoms with E-state index in [1.54, 1.807) is 22.6 Å². The zero-order valence-electron chi connectivity index (χ0n) is 14.1. The second-order valence-electron chi connectivity index (χ2n) is 6.55. The van der Waals surface area contributed by atoms with Crippen molar-refractivity contribution in [1.82, 2.24) is 9.29 Å². The maximum atomic E-state index is 13.4. The average molecular weight is 352 g/mol. The van der Waals surface area contributed by atoms with Crippen LogP contribution in [-0.4, -0.2) is 23.7 Å². The maximum Gasteiger partial charge on any atom is 0.244 e. The number of rotatable bonds is 5. The van der Waals surface area contributed by atoms with Gasteiger partial charge in [-0.3, -0.25) is 4.98 Å². The van der Waals surface area contributed by atoms with Gasteiger partial charge in [0, 0.05) is 24.2 Å². The molecule has 128 valence electrons. The first-order valence-corrected chi connectivity index (χ1v) is 9.91. The monoisotopic (exact) mass is 352 g/mol. The Morgan fingerprint density at radius 2 is 1.80 bits per heavy atom. The van der Waals surface area contributed by atoms with E-state index in [1.165, 1.54) is 0 Å². The summed E-state index contributed by atoms with van der Waals surface area (Å²) in [6, 6.07) is 17.1. The molecule has 0 amide bonds. The number of pyridine rings is 1. The van der Waals surface area contributed by atoms with E-state index in [2.05, 4.69) is 4.98 Å². The topological polar surface area (TPSA) is 50.3 Å². The minimum Gasteiger partial charge on any atom is -0.256 e. The van der Waals surface area contributed by atoms with Gasteiger partial charge in [-0.2, -0.15) is 4.31 Å². The van der Waals surface area contributed by atoms with Gasteiger partial charge in [-0.05, 0) is 49.1 Å². The van der Waals surface area contributed by atoms with Crippen LogP contribution < -0.4 is 0 Å². The van der Waals surface area contributed by atoms with Crippen LogP contribution in [-0.2, 0) is 16.6 Å². The number of hydrogen-bond acceptors (Lipinski definition) is 3. The second kappa shape index (κ2) is 6.24. The molecule has 1 aliphatic rings. The van der Waals surface area contributed by atoms with Crippen molar-refractivity contribution in [2.75, 3.05) is 0 Å². The Bertz CT molecular complexity index is 1010. The van der Waals surface area contributed by atoms with Crippen LogP contribution in [0, 0.1) is 6.92 Å². The Balaban J connectivity index is 1.81. The van der Waals surface area contributed by atoms with E-state index in [0.29, 0.717) is 16.8 Å². The Morgan fingerprint density at radius 1 is 1.04 bits per heavy atom. The van der Waals surface area contributed by atoms with E-state index < -0.39 is 10.0 Å². The highest BCUT2D eigenvalue weighted by Gasteiger charge is 2.38. The molecule has 0 saturated heterocycles. The molecule has 0 N–H and O–H groups in total. The summed E-state index contributed by atoms with van der Waals surface area (Å²) < 4.78 is 28.5. The highest BCUT2D eigenvalue weighted by molar-refractivity contribution is 7.89. The summed E-state index contributed by atoms with van der Waals surface area (Å²) in [5, 5.41) is 0.696. The molecule has 0 radical (unpaired) electrons. The van der Waals surface area contributed by atoms with Crippen LogP contribution in [0.25, 0.3) is 10.9 Å². The minimum absolute atomic E-state index is 0.0956. The molecule has 4 rings (SSSR count). The van der Waals surface area contributed by atoms with Crippen LogP contribution in [0.4, 0.5) is 0 Å². The number of aryl methyl sites for hydroxylation is 1. The normalized spacial score (nSPS) is 15.0. The average Bonchev–Trinajstić information content (AvgIpc) is 3.45. The molecule has 1 heterocycles. The van der Waals surface area contributed by atoms with E-state index in [4.69, 9.17) is 0 Å². The van der Waals surface area contributed by atoms with Crippen LogP contribution in [0.3, 0.4) is 0 Å². The van der Waals surface area contributed by atoms with Crippen LogP contribution in [0.5, 0.6) is 0 Å². The number of nitrogens with zero attached hydrogens (tertiary/aromatic N) is 2. The fourth-order valence-corrected chi connectivity index (χ4v) is 5.03. The first kappa shape index (κ1) is 16.2. The Labute approximate surface area is 148 Å². The predicted octanol–water partition coefficient (Wildman–Crippen LogP) is 3.90. The van der Waals surface area contributed by atoms with Crippen LogP contribution in [0.2, 0.25) is 0 Å². The van der Waals surface area contributed by atoms with Gasteiger partial charge in [0.05, 0.1) is 10.4 Å². The van der Waals surface area contributed by atoms with E-state index in [-0.39, 0.29) is 6.04 Å². The van der Waals surface area contributed by atoms with Gasteiger partial charge < -0.3 is 0 Å². The minimum atomic E-state index is -3.59. The summed E-state index contributed by atoms with van der Waals surface area (Å²) in [5.41, 5.74) is 2.74. The van der Waals surface area contributed by atoms with Crippen molar-refractivity contribution in [3.05, 3.63) is 71.9 Å². The molecular weight excluding hydrogens is 332 g/mol. The van der Waals surface area contributed by atoms with Gasteiger partial charge in [0.15, 0.2) is 0 Å². The first-order valence-electron chi connectivity index (χ1n) is 8.47. The molecule has 5 heteroatoms. The van der Waals surface area contributed by atoms with Crippen molar-refractivity contribution in [3.8, 4) is 0 Å². The third-order valence-corrected chi connectivity index (χ3v) is 6.61. The summed E-state index contributed by atoms with van der Waals surface area (Å²) in [7, 11) is -3.59. The van der Waals surface area contributed by atoms with Crippen molar-refractivity contribution >= 4 is 20.9 Å². The van der Waals surface area contributed by atoms with Gasteiger partial charge in [-0.25, -0.2) is 8.42 Å². The third-order valence-electron chi connectivity index (χ3n) is 4.65. The number of hydrogen-bond donors (Lipinski definition) is 0. The molecule has 0 atom stereocenters. The Hall–Kier alpha value is -2.24. The smallest absolute Gasteiger partial charge is 0.244 e. The molecule has 3 aromatic rings. The molecule has 1 aliphatic carbocycles. The summed E-state index contributed by atoms with van der Waals surface area (Å²) in [6.45, 7) is 2.36. The van der Waals surface area contributed by atoms with Crippen LogP contribution in [0.15, 0.2) is 65.7 Å². The molecule has 25 heavy (non-hydrogen) atoms. The highest BCUT2D eigenvalue weighted by atomic mass is 32.2. The summed E-state index contributed by atoms with van der Waals surface area (Å²) in [4.78, 5) is 4.73. The van der Waals surface area contributed by atoms with Gasteiger partial charge in [-0.15, -0.1) is 0 Å². The molecule has 4 nitrogen and oxygen atoms in total. The molecule has 0 spiro atoms. The standard InChI is InChI=1S/C20H20N2O2S/c1-15-9-12-19(18-8-5-13-21-20(15)18)25(23,24)22(17-10-11-17)14-16-6-3-2-4-7-16/h2-9,12-13,17H,10-11,14H2,1H3. The Morgan fingerprint density at radius 3 is 2.52 bits per heavy atom. The third kappa shape index (κ3) is 3.05.